The number of halogens is 1. The zero-order valence-electron chi connectivity index (χ0n) is 6.21. The quantitative estimate of drug-likeness (QED) is 0.603. The van der Waals surface area contributed by atoms with Crippen LogP contribution < -0.4 is 0 Å². The van der Waals surface area contributed by atoms with Crippen molar-refractivity contribution in [3.63, 3.8) is 0 Å². The van der Waals surface area contributed by atoms with Gasteiger partial charge in [-0.25, -0.2) is 0 Å². The maximum absolute atomic E-state index is 5.95. The monoisotopic (exact) mass is 158 g/mol. The van der Waals surface area contributed by atoms with Crippen LogP contribution in [0.1, 0.15) is 24.3 Å². The summed E-state index contributed by atoms with van der Waals surface area (Å²) in [5, 5.41) is 4.14. The molecule has 2 nitrogen and oxygen atoms in total. The van der Waals surface area contributed by atoms with Gasteiger partial charge >= 0.3 is 0 Å². The maximum Gasteiger partial charge on any atom is 0.0613 e. The second kappa shape index (κ2) is 3.06. The predicted molar refractivity (Wildman–Crippen MR) is 42.1 cm³/mol. The second-order valence-corrected chi connectivity index (χ2v) is 2.85. The Morgan fingerprint density at radius 3 is 2.90 bits per heavy atom. The number of aryl methyl sites for hydroxylation is 1. The highest BCUT2D eigenvalue weighted by Gasteiger charge is 2.05. The van der Waals surface area contributed by atoms with Crippen molar-refractivity contribution in [2.24, 2.45) is 7.05 Å². The van der Waals surface area contributed by atoms with Crippen molar-refractivity contribution >= 4 is 11.6 Å². The van der Waals surface area contributed by atoms with Crippen molar-refractivity contribution in [1.82, 2.24) is 9.78 Å². The number of hydrogen-bond donors (Lipinski definition) is 0. The van der Waals surface area contributed by atoms with Crippen LogP contribution in [0.15, 0.2) is 12.4 Å². The van der Waals surface area contributed by atoms with Crippen molar-refractivity contribution in [3.8, 4) is 0 Å². The first-order valence-electron chi connectivity index (χ1n) is 3.36. The van der Waals surface area contributed by atoms with E-state index < -0.39 is 0 Å². The third-order valence-electron chi connectivity index (χ3n) is 1.44. The molecular formula is C7H11ClN2. The highest BCUT2D eigenvalue weighted by molar-refractivity contribution is 6.20. The number of rotatable bonds is 2. The van der Waals surface area contributed by atoms with Crippen LogP contribution in [0.4, 0.5) is 0 Å². The Bertz CT molecular complexity index is 207. The molecule has 0 saturated heterocycles. The molecule has 0 aliphatic heterocycles. The number of alkyl halides is 1. The molecule has 1 aromatic heterocycles. The van der Waals surface area contributed by atoms with E-state index in [-0.39, 0.29) is 5.38 Å². The molecule has 0 saturated carbocycles. The first-order valence-corrected chi connectivity index (χ1v) is 3.80. The highest BCUT2D eigenvalue weighted by Crippen LogP contribution is 2.22. The molecule has 0 aliphatic carbocycles. The summed E-state index contributed by atoms with van der Waals surface area (Å²) in [5.41, 5.74) is 1.10. The maximum atomic E-state index is 5.95. The van der Waals surface area contributed by atoms with E-state index in [0.29, 0.717) is 0 Å². The lowest BCUT2D eigenvalue weighted by atomic mass is 10.2. The molecule has 0 aromatic carbocycles. The zero-order chi connectivity index (χ0) is 7.56. The molecule has 1 unspecified atom stereocenters. The Kier molecular flexibility index (Phi) is 2.33. The van der Waals surface area contributed by atoms with Gasteiger partial charge in [-0.2, -0.15) is 5.10 Å². The molecule has 10 heavy (non-hydrogen) atoms. The SMILES string of the molecule is CCC(Cl)c1cnn(C)c1. The molecular weight excluding hydrogens is 148 g/mol. The van der Waals surface area contributed by atoms with Gasteiger partial charge in [-0.1, -0.05) is 6.92 Å². The fraction of sp³-hybridized carbons (Fsp3) is 0.571. The van der Waals surface area contributed by atoms with Gasteiger partial charge in [0.25, 0.3) is 0 Å². The number of nitrogens with zero attached hydrogens (tertiary/aromatic N) is 2. The van der Waals surface area contributed by atoms with Crippen molar-refractivity contribution in [1.29, 1.82) is 0 Å². The molecule has 1 atom stereocenters. The molecule has 0 N–H and O–H groups in total. The van der Waals surface area contributed by atoms with E-state index in [1.165, 1.54) is 0 Å². The third kappa shape index (κ3) is 1.51. The summed E-state index contributed by atoms with van der Waals surface area (Å²) in [7, 11) is 1.89. The molecule has 56 valence electrons. The Morgan fingerprint density at radius 1 is 1.80 bits per heavy atom. The van der Waals surface area contributed by atoms with Gasteiger partial charge in [0.1, 0.15) is 0 Å². The minimum absolute atomic E-state index is 0.119. The Labute approximate surface area is 65.8 Å². The largest absolute Gasteiger partial charge is 0.275 e. The lowest BCUT2D eigenvalue weighted by Gasteiger charge is -1.99. The van der Waals surface area contributed by atoms with Crippen LogP contribution in [0.5, 0.6) is 0 Å². The van der Waals surface area contributed by atoms with E-state index >= 15 is 0 Å². The van der Waals surface area contributed by atoms with Crippen LogP contribution in [-0.2, 0) is 7.05 Å². The molecule has 1 aromatic rings. The van der Waals surface area contributed by atoms with Crippen LogP contribution in [0.3, 0.4) is 0 Å². The fourth-order valence-corrected chi connectivity index (χ4v) is 0.950. The molecule has 0 spiro atoms. The van der Waals surface area contributed by atoms with Crippen molar-refractivity contribution < 1.29 is 0 Å². The minimum atomic E-state index is 0.119. The van der Waals surface area contributed by atoms with Gasteiger partial charge in [0.05, 0.1) is 11.6 Å². The molecule has 1 heterocycles. The van der Waals surface area contributed by atoms with Crippen molar-refractivity contribution in [2.75, 3.05) is 0 Å². The average Bonchev–Trinajstić information content (AvgIpc) is 2.34. The smallest absolute Gasteiger partial charge is 0.0613 e. The van der Waals surface area contributed by atoms with E-state index in [1.807, 2.05) is 13.2 Å². The normalized spacial score (nSPS) is 13.5. The molecule has 3 heteroatoms. The molecule has 0 aliphatic rings. The minimum Gasteiger partial charge on any atom is -0.275 e. The summed E-state index contributed by atoms with van der Waals surface area (Å²) >= 11 is 5.95. The fourth-order valence-electron chi connectivity index (χ4n) is 0.838. The summed E-state index contributed by atoms with van der Waals surface area (Å²) in [6.07, 6.45) is 4.70. The number of hydrogen-bond acceptors (Lipinski definition) is 1. The van der Waals surface area contributed by atoms with Crippen LogP contribution in [-0.4, -0.2) is 9.78 Å². The van der Waals surface area contributed by atoms with Crippen molar-refractivity contribution in [3.05, 3.63) is 18.0 Å². The standard InChI is InChI=1S/C7H11ClN2/c1-3-7(8)6-4-9-10(2)5-6/h4-5,7H,3H2,1-2H3. The summed E-state index contributed by atoms with van der Waals surface area (Å²) in [5.74, 6) is 0. The van der Waals surface area contributed by atoms with Crippen LogP contribution in [0.2, 0.25) is 0 Å². The second-order valence-electron chi connectivity index (χ2n) is 2.32. The Balaban J connectivity index is 2.74. The summed E-state index contributed by atoms with van der Waals surface area (Å²) in [6.45, 7) is 2.06. The molecule has 0 amide bonds. The van der Waals surface area contributed by atoms with Gasteiger partial charge in [0, 0.05) is 18.8 Å². The summed E-state index contributed by atoms with van der Waals surface area (Å²) < 4.78 is 1.76. The molecule has 0 radical (unpaired) electrons. The lowest BCUT2D eigenvalue weighted by Crippen LogP contribution is -1.86. The zero-order valence-corrected chi connectivity index (χ0v) is 6.97. The third-order valence-corrected chi connectivity index (χ3v) is 2.01. The summed E-state index contributed by atoms with van der Waals surface area (Å²) in [4.78, 5) is 0. The molecule has 1 rings (SSSR count). The molecule has 0 fully saturated rings. The van der Waals surface area contributed by atoms with Gasteiger partial charge in [-0.05, 0) is 6.42 Å². The Morgan fingerprint density at radius 2 is 2.50 bits per heavy atom. The number of aromatic nitrogens is 2. The Hall–Kier alpha value is -0.500. The van der Waals surface area contributed by atoms with Gasteiger partial charge in [-0.15, -0.1) is 11.6 Å². The first kappa shape index (κ1) is 7.61. The van der Waals surface area contributed by atoms with E-state index in [4.69, 9.17) is 11.6 Å². The van der Waals surface area contributed by atoms with E-state index in [1.54, 1.807) is 10.9 Å². The van der Waals surface area contributed by atoms with E-state index in [9.17, 15) is 0 Å². The van der Waals surface area contributed by atoms with Gasteiger partial charge < -0.3 is 0 Å². The van der Waals surface area contributed by atoms with Gasteiger partial charge in [0.2, 0.25) is 0 Å². The molecule has 0 bridgehead atoms. The van der Waals surface area contributed by atoms with Crippen LogP contribution in [0.25, 0.3) is 0 Å². The van der Waals surface area contributed by atoms with Gasteiger partial charge in [-0.3, -0.25) is 4.68 Å². The van der Waals surface area contributed by atoms with Gasteiger partial charge in [0.15, 0.2) is 0 Å². The van der Waals surface area contributed by atoms with E-state index in [0.717, 1.165) is 12.0 Å². The predicted octanol–water partition coefficient (Wildman–Crippen LogP) is 2.11. The average molecular weight is 159 g/mol. The van der Waals surface area contributed by atoms with Crippen LogP contribution >= 0.6 is 11.6 Å². The van der Waals surface area contributed by atoms with E-state index in [2.05, 4.69) is 12.0 Å². The topological polar surface area (TPSA) is 17.8 Å². The highest BCUT2D eigenvalue weighted by atomic mass is 35.5. The summed E-state index contributed by atoms with van der Waals surface area (Å²) in [6, 6.07) is 0. The lowest BCUT2D eigenvalue weighted by molar-refractivity contribution is 0.765. The van der Waals surface area contributed by atoms with Crippen LogP contribution in [0, 0.1) is 0 Å². The van der Waals surface area contributed by atoms with Crippen molar-refractivity contribution in [2.45, 2.75) is 18.7 Å². The first-order chi connectivity index (χ1) is 4.74.